The number of benzene rings is 3. The molecule has 25 heavy (non-hydrogen) atoms. The third-order valence-corrected chi connectivity index (χ3v) is 4.04. The molecule has 4 rings (SSSR count). The maximum absolute atomic E-state index is 12.2. The van der Waals surface area contributed by atoms with Crippen LogP contribution in [0.2, 0.25) is 0 Å². The molecule has 4 aromatic rings. The van der Waals surface area contributed by atoms with Crippen molar-refractivity contribution in [1.29, 1.82) is 0 Å². The van der Waals surface area contributed by atoms with Crippen LogP contribution >= 0.6 is 0 Å². The molecule has 4 heteroatoms. The molecule has 0 fully saturated rings. The van der Waals surface area contributed by atoms with Gasteiger partial charge in [0.25, 0.3) is 0 Å². The minimum absolute atomic E-state index is 0. The van der Waals surface area contributed by atoms with Crippen LogP contribution in [-0.4, -0.2) is 0 Å². The van der Waals surface area contributed by atoms with E-state index in [9.17, 15) is 5.11 Å². The second kappa shape index (κ2) is 7.44. The number of rotatable bonds is 3. The monoisotopic (exact) mass is 319 g/mol. The number of nitrogens with zero attached hydrogens (tertiary/aromatic N) is 1. The predicted octanol–water partition coefficient (Wildman–Crippen LogP) is 1.20. The molecule has 0 aliphatic rings. The number of hydrogen-bond acceptors (Lipinski definition) is 2. The molecule has 116 valence electrons. The van der Waals surface area contributed by atoms with Gasteiger partial charge in [0, 0.05) is 17.4 Å². The molecule has 0 bridgehead atoms. The molecule has 0 saturated heterocycles. The first-order chi connectivity index (χ1) is 11.8. The molecule has 0 aliphatic heterocycles. The fourth-order valence-electron chi connectivity index (χ4n) is 2.96. The Kier molecular flexibility index (Phi) is 5.09. The first-order valence-electron chi connectivity index (χ1n) is 7.85. The maximum atomic E-state index is 12.2. The van der Waals surface area contributed by atoms with E-state index < -0.39 is 0 Å². The van der Waals surface area contributed by atoms with Gasteiger partial charge in [-0.1, -0.05) is 42.5 Å². The maximum Gasteiger partial charge on any atom is 1.00 e. The van der Waals surface area contributed by atoms with Gasteiger partial charge in [0.15, 0.2) is 6.20 Å². The summed E-state index contributed by atoms with van der Waals surface area (Å²) in [4.78, 5) is 5.24. The van der Waals surface area contributed by atoms with Crippen LogP contribution in [0.5, 0.6) is 5.75 Å². The van der Waals surface area contributed by atoms with Crippen LogP contribution in [-0.2, 0) is 0 Å². The third kappa shape index (κ3) is 3.25. The molecule has 0 spiro atoms. The molecule has 0 saturated carbocycles. The second-order valence-electron chi connectivity index (χ2n) is 5.55. The zero-order valence-electron chi connectivity index (χ0n) is 14.0. The average Bonchev–Trinajstić information content (AvgIpc) is 2.66. The van der Waals surface area contributed by atoms with E-state index in [4.69, 9.17) is 0 Å². The van der Waals surface area contributed by atoms with Crippen LogP contribution in [0.25, 0.3) is 10.9 Å². The summed E-state index contributed by atoms with van der Waals surface area (Å²) in [6.07, 6.45) is 1.78. The Morgan fingerprint density at radius 1 is 0.680 bits per heavy atom. The number of hydrogen-bond donors (Lipinski definition) is 0. The van der Waals surface area contributed by atoms with Crippen LogP contribution in [0.15, 0.2) is 91.1 Å². The first-order valence-corrected chi connectivity index (χ1v) is 7.85. The van der Waals surface area contributed by atoms with Crippen molar-refractivity contribution in [2.45, 2.75) is 0 Å². The van der Waals surface area contributed by atoms with Crippen LogP contribution in [0.3, 0.4) is 0 Å². The summed E-state index contributed by atoms with van der Waals surface area (Å²) in [5.41, 5.74) is 3.69. The zero-order valence-corrected chi connectivity index (χ0v) is 14.0. The summed E-state index contributed by atoms with van der Waals surface area (Å²) >= 11 is 0. The molecule has 1 N–H and O–H groups in total. The number of aromatic amines is 1. The molecule has 0 unspecified atom stereocenters. The molecule has 1 heterocycles. The fraction of sp³-hybridized carbons (Fsp3) is 0. The number of H-pyrrole nitrogens is 1. The van der Waals surface area contributed by atoms with Crippen LogP contribution in [0, 0.1) is 0 Å². The molecule has 0 atom stereocenters. The Balaban J connectivity index is 0.00000182. The van der Waals surface area contributed by atoms with Gasteiger partial charge in [0.1, 0.15) is 0 Å². The molecule has 0 amide bonds. The van der Waals surface area contributed by atoms with Crippen LogP contribution in [0.4, 0.5) is 17.1 Å². The summed E-state index contributed by atoms with van der Waals surface area (Å²) in [6, 6.07) is 27.7. The topological polar surface area (TPSA) is 40.4 Å². The van der Waals surface area contributed by atoms with Crippen molar-refractivity contribution in [2.24, 2.45) is 0 Å². The first kappa shape index (κ1) is 17.1. The molecule has 1 aromatic heterocycles. The second-order valence-corrected chi connectivity index (χ2v) is 5.55. The van der Waals surface area contributed by atoms with Crippen molar-refractivity contribution in [3.63, 3.8) is 0 Å². The van der Waals surface area contributed by atoms with E-state index in [1.807, 2.05) is 54.6 Å². The third-order valence-electron chi connectivity index (χ3n) is 4.04. The average molecular weight is 319 g/mol. The van der Waals surface area contributed by atoms with Crippen LogP contribution < -0.4 is 33.9 Å². The van der Waals surface area contributed by atoms with Crippen molar-refractivity contribution in [2.75, 3.05) is 4.90 Å². The number of aromatic nitrogens is 1. The fourth-order valence-corrected chi connectivity index (χ4v) is 2.96. The van der Waals surface area contributed by atoms with Gasteiger partial charge in [-0.2, -0.15) is 0 Å². The Bertz CT molecular complexity index is 935. The van der Waals surface area contributed by atoms with Gasteiger partial charge in [-0.05, 0) is 42.1 Å². The summed E-state index contributed by atoms with van der Waals surface area (Å²) in [5.74, 6) is -0.00424. The van der Waals surface area contributed by atoms with E-state index in [1.54, 1.807) is 12.3 Å². The Hall–Kier alpha value is -2.73. The van der Waals surface area contributed by atoms with E-state index in [0.29, 0.717) is 5.52 Å². The summed E-state index contributed by atoms with van der Waals surface area (Å²) < 4.78 is 0. The Labute approximate surface area is 158 Å². The molecule has 3 nitrogen and oxygen atoms in total. The smallest absolute Gasteiger partial charge is 0.868 e. The van der Waals surface area contributed by atoms with Crippen molar-refractivity contribution in [3.05, 3.63) is 91.1 Å². The van der Waals surface area contributed by atoms with Crippen molar-refractivity contribution in [3.8, 4) is 5.75 Å². The Morgan fingerprint density at radius 3 is 1.88 bits per heavy atom. The van der Waals surface area contributed by atoms with E-state index in [-0.39, 0.29) is 24.6 Å². The number of nitrogens with one attached hydrogen (secondary N) is 1. The van der Waals surface area contributed by atoms with Gasteiger partial charge in [0.2, 0.25) is 5.52 Å². The van der Waals surface area contributed by atoms with Crippen LogP contribution in [0.1, 0.15) is 0 Å². The van der Waals surface area contributed by atoms with Gasteiger partial charge in [-0.3, -0.25) is 0 Å². The van der Waals surface area contributed by atoms with Gasteiger partial charge >= 0.3 is 18.9 Å². The summed E-state index contributed by atoms with van der Waals surface area (Å²) in [5, 5.41) is 13.1. The quantitative estimate of drug-likeness (QED) is 0.533. The summed E-state index contributed by atoms with van der Waals surface area (Å²) in [6.45, 7) is 0. The molecule has 3 aromatic carbocycles. The number of pyridine rings is 1. The zero-order chi connectivity index (χ0) is 16.4. The summed E-state index contributed by atoms with van der Waals surface area (Å²) in [7, 11) is 0. The minimum atomic E-state index is -0.00424. The van der Waals surface area contributed by atoms with E-state index in [1.165, 1.54) is 0 Å². The van der Waals surface area contributed by atoms with E-state index in [0.717, 1.165) is 22.4 Å². The standard InChI is InChI=1S/C21H16N2O.Li/c24-20-14-13-19(18-12-7-15-22-21(18)20)23(16-8-3-1-4-9-16)17-10-5-2-6-11-17;/h1-15,24H;/q;+1. The minimum Gasteiger partial charge on any atom is -0.868 e. The SMILES string of the molecule is [Li+].[O-]c1ccc(N(c2ccccc2)c2ccccc2)c2ccc[nH+]c12. The van der Waals surface area contributed by atoms with Gasteiger partial charge in [-0.15, -0.1) is 0 Å². The molecule has 0 radical (unpaired) electrons. The molecule has 0 aliphatic carbocycles. The normalized spacial score (nSPS) is 10.2. The largest absolute Gasteiger partial charge is 1.00 e. The number of para-hydroxylation sites is 2. The molecular formula is C21H16LiN2O+. The van der Waals surface area contributed by atoms with Gasteiger partial charge < -0.3 is 10.0 Å². The number of fused-ring (bicyclic) bond motifs is 1. The Morgan fingerprint density at radius 2 is 1.28 bits per heavy atom. The van der Waals surface area contributed by atoms with Gasteiger partial charge in [0.05, 0.1) is 11.1 Å². The van der Waals surface area contributed by atoms with Gasteiger partial charge in [-0.25, -0.2) is 4.98 Å². The van der Waals surface area contributed by atoms with E-state index >= 15 is 0 Å². The molecular weight excluding hydrogens is 303 g/mol. The number of anilines is 3. The van der Waals surface area contributed by atoms with E-state index in [2.05, 4.69) is 34.1 Å². The van der Waals surface area contributed by atoms with Crippen molar-refractivity contribution in [1.82, 2.24) is 0 Å². The predicted molar refractivity (Wildman–Crippen MR) is 94.6 cm³/mol. The van der Waals surface area contributed by atoms with Crippen molar-refractivity contribution < 1.29 is 29.0 Å². The van der Waals surface area contributed by atoms with Crippen molar-refractivity contribution >= 4 is 28.0 Å².